The van der Waals surface area contributed by atoms with E-state index in [9.17, 15) is 4.79 Å². The third-order valence-corrected chi connectivity index (χ3v) is 3.86. The van der Waals surface area contributed by atoms with E-state index in [0.717, 1.165) is 24.1 Å². The molecular formula is C12H15NOS. The number of hydrogen-bond donors (Lipinski definition) is 0. The summed E-state index contributed by atoms with van der Waals surface area (Å²) in [5.74, 6) is 0.0805. The maximum Gasteiger partial charge on any atom is 0.126 e. The van der Waals surface area contributed by atoms with E-state index in [-0.39, 0.29) is 11.3 Å². The Bertz CT molecular complexity index is 378. The van der Waals surface area contributed by atoms with Gasteiger partial charge in [0.05, 0.1) is 0 Å². The van der Waals surface area contributed by atoms with E-state index >= 15 is 0 Å². The van der Waals surface area contributed by atoms with Crippen LogP contribution in [0.4, 0.5) is 0 Å². The van der Waals surface area contributed by atoms with Crippen molar-refractivity contribution in [2.45, 2.75) is 26.7 Å². The highest BCUT2D eigenvalue weighted by molar-refractivity contribution is 7.10. The fraction of sp³-hybridized carbons (Fsp3) is 0.500. The van der Waals surface area contributed by atoms with Crippen molar-refractivity contribution in [1.29, 1.82) is 0 Å². The molecule has 0 N–H and O–H groups in total. The first-order valence-electron chi connectivity index (χ1n) is 5.21. The fourth-order valence-electron chi connectivity index (χ4n) is 2.01. The van der Waals surface area contributed by atoms with Crippen LogP contribution in [-0.2, 0) is 4.79 Å². The van der Waals surface area contributed by atoms with Crippen LogP contribution in [0.3, 0.4) is 0 Å². The molecule has 1 heterocycles. The molecule has 1 aliphatic carbocycles. The van der Waals surface area contributed by atoms with Gasteiger partial charge in [0.25, 0.3) is 0 Å². The van der Waals surface area contributed by atoms with Gasteiger partial charge in [-0.3, -0.25) is 0 Å². The molecule has 0 radical (unpaired) electrons. The molecule has 1 unspecified atom stereocenters. The van der Waals surface area contributed by atoms with E-state index in [1.807, 2.05) is 11.6 Å². The standard InChI is InChI=1S/C12H15NOS/c1-12(2)4-3-9(8-14)7-10(12)11-13-5-6-15-11/h5-9H,3-4H2,1-2H3. The molecule has 1 aromatic rings. The van der Waals surface area contributed by atoms with E-state index in [0.29, 0.717) is 0 Å². The van der Waals surface area contributed by atoms with E-state index in [1.54, 1.807) is 11.3 Å². The summed E-state index contributed by atoms with van der Waals surface area (Å²) in [7, 11) is 0. The summed E-state index contributed by atoms with van der Waals surface area (Å²) in [6.07, 6.45) is 6.98. The van der Waals surface area contributed by atoms with E-state index < -0.39 is 0 Å². The number of hydrogen-bond acceptors (Lipinski definition) is 3. The summed E-state index contributed by atoms with van der Waals surface area (Å²) < 4.78 is 0. The van der Waals surface area contributed by atoms with Gasteiger partial charge < -0.3 is 4.79 Å². The summed E-state index contributed by atoms with van der Waals surface area (Å²) in [5, 5.41) is 3.04. The maximum absolute atomic E-state index is 10.8. The lowest BCUT2D eigenvalue weighted by Crippen LogP contribution is -2.21. The van der Waals surface area contributed by atoms with Crippen LogP contribution < -0.4 is 0 Å². The second kappa shape index (κ2) is 3.89. The van der Waals surface area contributed by atoms with Crippen molar-refractivity contribution >= 4 is 23.2 Å². The molecule has 0 amide bonds. The second-order valence-electron chi connectivity index (χ2n) is 4.64. The zero-order valence-electron chi connectivity index (χ0n) is 9.06. The van der Waals surface area contributed by atoms with E-state index in [1.165, 1.54) is 5.57 Å². The minimum absolute atomic E-state index is 0.0805. The highest BCUT2D eigenvalue weighted by Crippen LogP contribution is 2.44. The molecule has 3 heteroatoms. The summed E-state index contributed by atoms with van der Waals surface area (Å²) in [5.41, 5.74) is 1.39. The molecule has 1 atom stereocenters. The number of carbonyl (C=O) groups is 1. The lowest BCUT2D eigenvalue weighted by Gasteiger charge is -2.32. The molecule has 0 aromatic carbocycles. The van der Waals surface area contributed by atoms with Crippen molar-refractivity contribution in [3.05, 3.63) is 22.7 Å². The Morgan fingerprint density at radius 2 is 2.40 bits per heavy atom. The van der Waals surface area contributed by atoms with Gasteiger partial charge in [-0.05, 0) is 23.8 Å². The summed E-state index contributed by atoms with van der Waals surface area (Å²) in [6.45, 7) is 4.45. The van der Waals surface area contributed by atoms with Crippen LogP contribution in [0.1, 0.15) is 31.7 Å². The Kier molecular flexibility index (Phi) is 2.74. The van der Waals surface area contributed by atoms with Gasteiger partial charge in [-0.25, -0.2) is 4.98 Å². The molecule has 2 rings (SSSR count). The van der Waals surface area contributed by atoms with Crippen molar-refractivity contribution in [2.24, 2.45) is 11.3 Å². The Hall–Kier alpha value is -0.960. The smallest absolute Gasteiger partial charge is 0.126 e. The Labute approximate surface area is 94.0 Å². The lowest BCUT2D eigenvalue weighted by atomic mass is 9.73. The second-order valence-corrected chi connectivity index (χ2v) is 5.53. The number of allylic oxidation sites excluding steroid dienone is 2. The number of nitrogens with zero attached hydrogens (tertiary/aromatic N) is 1. The van der Waals surface area contributed by atoms with Crippen LogP contribution in [-0.4, -0.2) is 11.3 Å². The maximum atomic E-state index is 10.8. The highest BCUT2D eigenvalue weighted by Gasteiger charge is 2.31. The zero-order valence-corrected chi connectivity index (χ0v) is 9.88. The van der Waals surface area contributed by atoms with Crippen LogP contribution >= 0.6 is 11.3 Å². The molecule has 0 bridgehead atoms. The van der Waals surface area contributed by atoms with Crippen molar-refractivity contribution in [3.8, 4) is 0 Å². The van der Waals surface area contributed by atoms with E-state index in [2.05, 4.69) is 24.9 Å². The number of thiazole rings is 1. The molecule has 0 saturated carbocycles. The molecule has 0 aliphatic heterocycles. The van der Waals surface area contributed by atoms with Gasteiger partial charge in [-0.15, -0.1) is 11.3 Å². The number of carbonyl (C=O) groups excluding carboxylic acids is 1. The fourth-order valence-corrected chi connectivity index (χ4v) is 2.85. The molecule has 1 aliphatic rings. The minimum Gasteiger partial charge on any atom is -0.303 e. The average molecular weight is 221 g/mol. The van der Waals surface area contributed by atoms with Crippen LogP contribution in [0.15, 0.2) is 17.7 Å². The van der Waals surface area contributed by atoms with Crippen LogP contribution in [0.2, 0.25) is 0 Å². The first kappa shape index (κ1) is 10.6. The Morgan fingerprint density at radius 3 is 3.00 bits per heavy atom. The van der Waals surface area contributed by atoms with Crippen molar-refractivity contribution < 1.29 is 4.79 Å². The molecule has 15 heavy (non-hydrogen) atoms. The van der Waals surface area contributed by atoms with E-state index in [4.69, 9.17) is 0 Å². The summed E-state index contributed by atoms with van der Waals surface area (Å²) >= 11 is 1.65. The quantitative estimate of drug-likeness (QED) is 0.718. The topological polar surface area (TPSA) is 30.0 Å². The normalized spacial score (nSPS) is 24.7. The van der Waals surface area contributed by atoms with Crippen molar-refractivity contribution in [3.63, 3.8) is 0 Å². The molecule has 2 nitrogen and oxygen atoms in total. The van der Waals surface area contributed by atoms with Gasteiger partial charge in [0, 0.05) is 17.5 Å². The Balaban J connectivity index is 2.40. The lowest BCUT2D eigenvalue weighted by molar-refractivity contribution is -0.110. The van der Waals surface area contributed by atoms with Gasteiger partial charge in [0.1, 0.15) is 11.3 Å². The number of aldehydes is 1. The Morgan fingerprint density at radius 1 is 1.60 bits per heavy atom. The first-order chi connectivity index (χ1) is 7.13. The number of aromatic nitrogens is 1. The number of rotatable bonds is 2. The average Bonchev–Trinajstić information content (AvgIpc) is 2.70. The van der Waals surface area contributed by atoms with Crippen LogP contribution in [0, 0.1) is 11.3 Å². The van der Waals surface area contributed by atoms with Gasteiger partial charge in [0.15, 0.2) is 0 Å². The van der Waals surface area contributed by atoms with Crippen LogP contribution in [0.5, 0.6) is 0 Å². The monoisotopic (exact) mass is 221 g/mol. The highest BCUT2D eigenvalue weighted by atomic mass is 32.1. The first-order valence-corrected chi connectivity index (χ1v) is 6.09. The predicted molar refractivity (Wildman–Crippen MR) is 62.7 cm³/mol. The SMILES string of the molecule is CC1(C)CCC(C=O)C=C1c1nccs1. The van der Waals surface area contributed by atoms with Gasteiger partial charge in [-0.1, -0.05) is 19.9 Å². The molecule has 0 saturated heterocycles. The third-order valence-electron chi connectivity index (χ3n) is 3.05. The molecule has 0 spiro atoms. The molecule has 0 fully saturated rings. The largest absolute Gasteiger partial charge is 0.303 e. The molecular weight excluding hydrogens is 206 g/mol. The molecule has 1 aromatic heterocycles. The van der Waals surface area contributed by atoms with Gasteiger partial charge >= 0.3 is 0 Å². The minimum atomic E-state index is 0.0805. The van der Waals surface area contributed by atoms with Gasteiger partial charge in [0.2, 0.25) is 0 Å². The molecule has 80 valence electrons. The predicted octanol–water partition coefficient (Wildman–Crippen LogP) is 3.16. The summed E-state index contributed by atoms with van der Waals surface area (Å²) in [4.78, 5) is 15.2. The summed E-state index contributed by atoms with van der Waals surface area (Å²) in [6, 6.07) is 0. The third kappa shape index (κ3) is 2.02. The van der Waals surface area contributed by atoms with Crippen LogP contribution in [0.25, 0.3) is 5.57 Å². The zero-order chi connectivity index (χ0) is 10.9. The van der Waals surface area contributed by atoms with Crippen molar-refractivity contribution in [2.75, 3.05) is 0 Å². The van der Waals surface area contributed by atoms with Crippen molar-refractivity contribution in [1.82, 2.24) is 4.98 Å². The van der Waals surface area contributed by atoms with Gasteiger partial charge in [-0.2, -0.15) is 0 Å².